The standard InChI is InChI=1S/C13H26N4O2/c1-11(2)15-12(18)9-16(3)10-13(19)17-7-4-5-14-6-8-17/h11,14H,4-10H2,1-3H3,(H,15,18). The average Bonchev–Trinajstić information content (AvgIpc) is 2.55. The van der Waals surface area contributed by atoms with E-state index < -0.39 is 0 Å². The lowest BCUT2D eigenvalue weighted by Crippen LogP contribution is -2.44. The Morgan fingerprint density at radius 3 is 2.68 bits per heavy atom. The number of hydrogen-bond donors (Lipinski definition) is 2. The van der Waals surface area contributed by atoms with E-state index in [9.17, 15) is 9.59 Å². The van der Waals surface area contributed by atoms with Crippen LogP contribution in [-0.2, 0) is 9.59 Å². The van der Waals surface area contributed by atoms with Gasteiger partial charge in [0.2, 0.25) is 11.8 Å². The van der Waals surface area contributed by atoms with Crippen molar-refractivity contribution in [2.75, 3.05) is 46.3 Å². The minimum absolute atomic E-state index is 0.0390. The molecule has 0 radical (unpaired) electrons. The summed E-state index contributed by atoms with van der Waals surface area (Å²) >= 11 is 0. The van der Waals surface area contributed by atoms with E-state index in [0.29, 0.717) is 6.54 Å². The summed E-state index contributed by atoms with van der Waals surface area (Å²) in [4.78, 5) is 27.3. The Kier molecular flexibility index (Phi) is 6.80. The van der Waals surface area contributed by atoms with Crippen molar-refractivity contribution >= 4 is 11.8 Å². The Morgan fingerprint density at radius 1 is 1.26 bits per heavy atom. The van der Waals surface area contributed by atoms with E-state index in [1.54, 1.807) is 11.9 Å². The molecule has 6 nitrogen and oxygen atoms in total. The lowest BCUT2D eigenvalue weighted by atomic mass is 10.3. The third-order valence-corrected chi connectivity index (χ3v) is 2.96. The van der Waals surface area contributed by atoms with Gasteiger partial charge in [-0.1, -0.05) is 0 Å². The fourth-order valence-corrected chi connectivity index (χ4v) is 2.09. The quantitative estimate of drug-likeness (QED) is 0.691. The Balaban J connectivity index is 2.32. The molecule has 0 spiro atoms. The molecule has 6 heteroatoms. The van der Waals surface area contributed by atoms with Crippen LogP contribution in [0.15, 0.2) is 0 Å². The number of hydrogen-bond acceptors (Lipinski definition) is 4. The smallest absolute Gasteiger partial charge is 0.236 e. The van der Waals surface area contributed by atoms with Gasteiger partial charge < -0.3 is 15.5 Å². The highest BCUT2D eigenvalue weighted by Gasteiger charge is 2.18. The molecule has 1 heterocycles. The van der Waals surface area contributed by atoms with Gasteiger partial charge in [0, 0.05) is 25.7 Å². The van der Waals surface area contributed by atoms with Gasteiger partial charge in [0.05, 0.1) is 13.1 Å². The maximum absolute atomic E-state index is 12.1. The highest BCUT2D eigenvalue weighted by molar-refractivity contribution is 5.81. The minimum Gasteiger partial charge on any atom is -0.353 e. The highest BCUT2D eigenvalue weighted by atomic mass is 16.2. The second-order valence-corrected chi connectivity index (χ2v) is 5.38. The zero-order valence-electron chi connectivity index (χ0n) is 12.2. The van der Waals surface area contributed by atoms with Crippen molar-refractivity contribution in [2.24, 2.45) is 0 Å². The van der Waals surface area contributed by atoms with Gasteiger partial charge in [0.1, 0.15) is 0 Å². The molecule has 1 saturated heterocycles. The van der Waals surface area contributed by atoms with E-state index in [0.717, 1.165) is 32.6 Å². The Hall–Kier alpha value is -1.14. The molecule has 0 saturated carbocycles. The van der Waals surface area contributed by atoms with Gasteiger partial charge in [0.15, 0.2) is 0 Å². The first-order valence-electron chi connectivity index (χ1n) is 6.95. The summed E-state index contributed by atoms with van der Waals surface area (Å²) in [7, 11) is 1.80. The molecule has 19 heavy (non-hydrogen) atoms. The SMILES string of the molecule is CC(C)NC(=O)CN(C)CC(=O)N1CCCNCC1. The number of amides is 2. The van der Waals surface area contributed by atoms with Gasteiger partial charge >= 0.3 is 0 Å². The van der Waals surface area contributed by atoms with Gasteiger partial charge in [-0.05, 0) is 33.9 Å². The summed E-state index contributed by atoms with van der Waals surface area (Å²) < 4.78 is 0. The molecule has 0 aromatic rings. The predicted molar refractivity (Wildman–Crippen MR) is 74.8 cm³/mol. The number of carbonyl (C=O) groups is 2. The second-order valence-electron chi connectivity index (χ2n) is 5.38. The predicted octanol–water partition coefficient (Wildman–Crippen LogP) is -0.735. The first-order valence-corrected chi connectivity index (χ1v) is 6.95. The van der Waals surface area contributed by atoms with E-state index >= 15 is 0 Å². The summed E-state index contributed by atoms with van der Waals surface area (Å²) in [5.41, 5.74) is 0. The lowest BCUT2D eigenvalue weighted by molar-refractivity contribution is -0.132. The van der Waals surface area contributed by atoms with Crippen LogP contribution in [0.1, 0.15) is 20.3 Å². The van der Waals surface area contributed by atoms with Crippen LogP contribution in [0.25, 0.3) is 0 Å². The molecule has 1 fully saturated rings. The molecular formula is C13H26N4O2. The zero-order chi connectivity index (χ0) is 14.3. The number of likely N-dealkylation sites (N-methyl/N-ethyl adjacent to an activating group) is 1. The molecule has 0 aliphatic carbocycles. The second kappa shape index (κ2) is 8.12. The van der Waals surface area contributed by atoms with Crippen molar-refractivity contribution in [3.05, 3.63) is 0 Å². The highest BCUT2D eigenvalue weighted by Crippen LogP contribution is 1.97. The van der Waals surface area contributed by atoms with Crippen molar-refractivity contribution in [3.8, 4) is 0 Å². The Labute approximate surface area is 115 Å². The van der Waals surface area contributed by atoms with Gasteiger partial charge in [-0.25, -0.2) is 0 Å². The largest absolute Gasteiger partial charge is 0.353 e. The maximum atomic E-state index is 12.1. The normalized spacial score (nSPS) is 16.6. The lowest BCUT2D eigenvalue weighted by Gasteiger charge is -2.23. The van der Waals surface area contributed by atoms with E-state index in [1.165, 1.54) is 0 Å². The summed E-state index contributed by atoms with van der Waals surface area (Å²) in [6.45, 7) is 7.78. The van der Waals surface area contributed by atoms with Crippen LogP contribution >= 0.6 is 0 Å². The van der Waals surface area contributed by atoms with Crippen molar-refractivity contribution in [3.63, 3.8) is 0 Å². The molecule has 0 aromatic carbocycles. The topological polar surface area (TPSA) is 64.7 Å². The van der Waals surface area contributed by atoms with Crippen LogP contribution in [0, 0.1) is 0 Å². The first kappa shape index (κ1) is 15.9. The van der Waals surface area contributed by atoms with E-state index in [1.807, 2.05) is 18.7 Å². The fourth-order valence-electron chi connectivity index (χ4n) is 2.09. The third-order valence-electron chi connectivity index (χ3n) is 2.96. The van der Waals surface area contributed by atoms with Crippen LogP contribution in [0.3, 0.4) is 0 Å². The van der Waals surface area contributed by atoms with Gasteiger partial charge in [-0.3, -0.25) is 14.5 Å². The van der Waals surface area contributed by atoms with Crippen LogP contribution in [-0.4, -0.2) is 74.0 Å². The Bertz CT molecular complexity index is 299. The molecule has 110 valence electrons. The van der Waals surface area contributed by atoms with Gasteiger partial charge in [-0.2, -0.15) is 0 Å². The molecule has 0 unspecified atom stereocenters. The van der Waals surface area contributed by atoms with Crippen LogP contribution in [0.2, 0.25) is 0 Å². The van der Waals surface area contributed by atoms with Gasteiger partial charge in [0.25, 0.3) is 0 Å². The number of nitrogens with one attached hydrogen (secondary N) is 2. The first-order chi connectivity index (χ1) is 8.99. The number of carbonyl (C=O) groups excluding carboxylic acids is 2. The Morgan fingerprint density at radius 2 is 2.00 bits per heavy atom. The fraction of sp³-hybridized carbons (Fsp3) is 0.846. The molecule has 0 bridgehead atoms. The monoisotopic (exact) mass is 270 g/mol. The molecule has 2 amide bonds. The van der Waals surface area contributed by atoms with E-state index in [-0.39, 0.29) is 24.4 Å². The van der Waals surface area contributed by atoms with Crippen molar-refractivity contribution in [2.45, 2.75) is 26.3 Å². The average molecular weight is 270 g/mol. The van der Waals surface area contributed by atoms with E-state index in [4.69, 9.17) is 0 Å². The number of nitrogens with zero attached hydrogens (tertiary/aromatic N) is 2. The summed E-state index contributed by atoms with van der Waals surface area (Å²) in [5, 5.41) is 6.09. The number of rotatable bonds is 5. The van der Waals surface area contributed by atoms with Gasteiger partial charge in [-0.15, -0.1) is 0 Å². The molecule has 2 N–H and O–H groups in total. The van der Waals surface area contributed by atoms with E-state index in [2.05, 4.69) is 10.6 Å². The molecule has 1 rings (SSSR count). The maximum Gasteiger partial charge on any atom is 0.236 e. The van der Waals surface area contributed by atoms with Crippen molar-refractivity contribution in [1.82, 2.24) is 20.4 Å². The van der Waals surface area contributed by atoms with Crippen molar-refractivity contribution in [1.29, 1.82) is 0 Å². The van der Waals surface area contributed by atoms with Crippen LogP contribution < -0.4 is 10.6 Å². The van der Waals surface area contributed by atoms with Crippen molar-refractivity contribution < 1.29 is 9.59 Å². The zero-order valence-corrected chi connectivity index (χ0v) is 12.2. The molecule has 0 atom stereocenters. The molecule has 1 aliphatic heterocycles. The summed E-state index contributed by atoms with van der Waals surface area (Å²) in [6, 6.07) is 0.133. The molecule has 1 aliphatic rings. The van der Waals surface area contributed by atoms with Crippen LogP contribution in [0.4, 0.5) is 0 Å². The summed E-state index contributed by atoms with van der Waals surface area (Å²) in [5.74, 6) is 0.0615. The van der Waals surface area contributed by atoms with Crippen LogP contribution in [0.5, 0.6) is 0 Å². The molecule has 0 aromatic heterocycles. The summed E-state index contributed by atoms with van der Waals surface area (Å²) in [6.07, 6.45) is 0.989. The molecular weight excluding hydrogens is 244 g/mol. The third kappa shape index (κ3) is 6.54. The minimum atomic E-state index is -0.0390.